The normalized spacial score (nSPS) is 20.2. The van der Waals surface area contributed by atoms with Crippen LogP contribution in [0.25, 0.3) is 0 Å². The smallest absolute Gasteiger partial charge is 0.223 e. The second kappa shape index (κ2) is 6.12. The molecule has 1 N–H and O–H groups in total. The third-order valence-corrected chi connectivity index (χ3v) is 4.13. The maximum atomic E-state index is 12.1. The van der Waals surface area contributed by atoms with Crippen LogP contribution in [0.15, 0.2) is 42.6 Å². The van der Waals surface area contributed by atoms with Crippen molar-refractivity contribution < 1.29 is 4.79 Å². The van der Waals surface area contributed by atoms with Crippen molar-refractivity contribution in [2.45, 2.75) is 32.2 Å². The van der Waals surface area contributed by atoms with Gasteiger partial charge in [-0.05, 0) is 37.3 Å². The highest BCUT2D eigenvalue weighted by Gasteiger charge is 2.43. The van der Waals surface area contributed by atoms with Crippen molar-refractivity contribution in [1.82, 2.24) is 15.1 Å². The van der Waals surface area contributed by atoms with Gasteiger partial charge in [0.05, 0.1) is 0 Å². The Bertz CT molecular complexity index is 606. The maximum absolute atomic E-state index is 12.1. The summed E-state index contributed by atoms with van der Waals surface area (Å²) in [5.74, 6) is 0.777. The number of rotatable bonds is 6. The number of amides is 1. The highest BCUT2D eigenvalue weighted by atomic mass is 16.2. The molecular formula is C17H21N3O. The largest absolute Gasteiger partial charge is 0.356 e. The number of hydrogen-bond donors (Lipinski definition) is 1. The van der Waals surface area contributed by atoms with Crippen molar-refractivity contribution in [2.24, 2.45) is 5.92 Å². The molecule has 1 heterocycles. The average molecular weight is 283 g/mol. The van der Waals surface area contributed by atoms with Gasteiger partial charge in [0.25, 0.3) is 0 Å². The molecule has 2 unspecified atom stereocenters. The second-order valence-corrected chi connectivity index (χ2v) is 5.70. The Balaban J connectivity index is 1.39. The topological polar surface area (TPSA) is 46.9 Å². The Morgan fingerprint density at radius 3 is 2.86 bits per heavy atom. The Labute approximate surface area is 125 Å². The van der Waals surface area contributed by atoms with Crippen LogP contribution in [0, 0.1) is 12.8 Å². The predicted molar refractivity (Wildman–Crippen MR) is 81.9 cm³/mol. The van der Waals surface area contributed by atoms with Crippen LogP contribution in [0.4, 0.5) is 0 Å². The van der Waals surface area contributed by atoms with E-state index in [9.17, 15) is 4.79 Å². The van der Waals surface area contributed by atoms with Crippen LogP contribution in [0.1, 0.15) is 30.0 Å². The van der Waals surface area contributed by atoms with Crippen molar-refractivity contribution in [3.8, 4) is 0 Å². The number of benzene rings is 1. The fourth-order valence-corrected chi connectivity index (χ4v) is 2.76. The molecule has 1 aliphatic rings. The molecule has 21 heavy (non-hydrogen) atoms. The second-order valence-electron chi connectivity index (χ2n) is 5.70. The number of aromatic nitrogens is 2. The quantitative estimate of drug-likeness (QED) is 0.828. The molecule has 1 aromatic heterocycles. The van der Waals surface area contributed by atoms with E-state index in [0.29, 0.717) is 5.92 Å². The highest BCUT2D eigenvalue weighted by Crippen LogP contribution is 2.47. The molecule has 2 atom stereocenters. The fourth-order valence-electron chi connectivity index (χ4n) is 2.76. The molecular weight excluding hydrogens is 262 g/mol. The Morgan fingerprint density at radius 1 is 1.33 bits per heavy atom. The predicted octanol–water partition coefficient (Wildman–Crippen LogP) is 2.50. The summed E-state index contributed by atoms with van der Waals surface area (Å²) in [4.78, 5) is 12.1. The first-order valence-corrected chi connectivity index (χ1v) is 7.57. The molecule has 4 heteroatoms. The maximum Gasteiger partial charge on any atom is 0.223 e. The van der Waals surface area contributed by atoms with Crippen LogP contribution in [-0.4, -0.2) is 22.2 Å². The van der Waals surface area contributed by atoms with E-state index in [0.717, 1.165) is 31.6 Å². The van der Waals surface area contributed by atoms with Crippen molar-refractivity contribution in [2.75, 3.05) is 6.54 Å². The van der Waals surface area contributed by atoms with Gasteiger partial charge in [0, 0.05) is 30.9 Å². The number of aryl methyl sites for hydroxylation is 2. The van der Waals surface area contributed by atoms with Crippen LogP contribution in [-0.2, 0) is 11.3 Å². The minimum Gasteiger partial charge on any atom is -0.356 e. The summed E-state index contributed by atoms with van der Waals surface area (Å²) < 4.78 is 1.97. The molecule has 4 nitrogen and oxygen atoms in total. The lowest BCUT2D eigenvalue weighted by Crippen LogP contribution is -2.27. The summed E-state index contributed by atoms with van der Waals surface area (Å²) in [5.41, 5.74) is 2.44. The van der Waals surface area contributed by atoms with E-state index in [2.05, 4.69) is 22.5 Å². The summed E-state index contributed by atoms with van der Waals surface area (Å²) in [6.07, 6.45) is 3.70. The molecule has 0 bridgehead atoms. The fraction of sp³-hybridized carbons (Fsp3) is 0.412. The molecule has 110 valence electrons. The third-order valence-electron chi connectivity index (χ3n) is 4.13. The lowest BCUT2D eigenvalue weighted by Gasteiger charge is -2.06. The molecule has 0 aliphatic heterocycles. The minimum atomic E-state index is 0.166. The van der Waals surface area contributed by atoms with E-state index in [1.54, 1.807) is 0 Å². The molecule has 1 aromatic carbocycles. The van der Waals surface area contributed by atoms with E-state index in [1.807, 2.05) is 42.1 Å². The Hall–Kier alpha value is -2.10. The zero-order chi connectivity index (χ0) is 14.7. The van der Waals surface area contributed by atoms with Gasteiger partial charge >= 0.3 is 0 Å². The summed E-state index contributed by atoms with van der Waals surface area (Å²) in [7, 11) is 0. The van der Waals surface area contributed by atoms with E-state index < -0.39 is 0 Å². The molecule has 1 aliphatic carbocycles. The average Bonchev–Trinajstić information content (AvgIpc) is 3.22. The first kappa shape index (κ1) is 13.9. The van der Waals surface area contributed by atoms with Crippen LogP contribution in [0.2, 0.25) is 0 Å². The lowest BCUT2D eigenvalue weighted by atomic mass is 10.1. The number of carbonyl (C=O) groups excluding carboxylic acids is 1. The van der Waals surface area contributed by atoms with Crippen LogP contribution < -0.4 is 5.32 Å². The monoisotopic (exact) mass is 283 g/mol. The zero-order valence-corrected chi connectivity index (χ0v) is 12.3. The first-order valence-electron chi connectivity index (χ1n) is 7.57. The summed E-state index contributed by atoms with van der Waals surface area (Å²) in [6.45, 7) is 3.61. The van der Waals surface area contributed by atoms with Crippen LogP contribution in [0.5, 0.6) is 0 Å². The van der Waals surface area contributed by atoms with Gasteiger partial charge < -0.3 is 5.32 Å². The van der Waals surface area contributed by atoms with Gasteiger partial charge in [0.2, 0.25) is 5.91 Å². The molecule has 1 saturated carbocycles. The van der Waals surface area contributed by atoms with Crippen molar-refractivity contribution >= 4 is 5.91 Å². The minimum absolute atomic E-state index is 0.166. The van der Waals surface area contributed by atoms with E-state index >= 15 is 0 Å². The van der Waals surface area contributed by atoms with Crippen molar-refractivity contribution in [3.63, 3.8) is 0 Å². The molecule has 3 rings (SSSR count). The Kier molecular flexibility index (Phi) is 4.04. The number of carbonyl (C=O) groups is 1. The van der Waals surface area contributed by atoms with E-state index in [4.69, 9.17) is 0 Å². The van der Waals surface area contributed by atoms with Crippen LogP contribution in [0.3, 0.4) is 0 Å². The molecule has 0 spiro atoms. The van der Waals surface area contributed by atoms with Gasteiger partial charge in [-0.1, -0.05) is 30.3 Å². The summed E-state index contributed by atoms with van der Waals surface area (Å²) >= 11 is 0. The van der Waals surface area contributed by atoms with Crippen LogP contribution >= 0.6 is 0 Å². The van der Waals surface area contributed by atoms with Gasteiger partial charge in [-0.2, -0.15) is 5.10 Å². The highest BCUT2D eigenvalue weighted by molar-refractivity contribution is 5.82. The SMILES string of the molecule is Cc1ccnn1CCCNC(=O)C1CC1c1ccccc1. The number of hydrogen-bond acceptors (Lipinski definition) is 2. The summed E-state index contributed by atoms with van der Waals surface area (Å²) in [5, 5.41) is 7.28. The molecule has 1 fully saturated rings. The number of nitrogens with one attached hydrogen (secondary N) is 1. The first-order chi connectivity index (χ1) is 10.3. The molecule has 0 saturated heterocycles. The van der Waals surface area contributed by atoms with Crippen molar-refractivity contribution in [1.29, 1.82) is 0 Å². The standard InChI is InChI=1S/C17H21N3O/c1-13-8-10-19-20(13)11-5-9-18-17(21)16-12-15(16)14-6-3-2-4-7-14/h2-4,6-8,10,15-16H,5,9,11-12H2,1H3,(H,18,21). The Morgan fingerprint density at radius 2 is 2.14 bits per heavy atom. The van der Waals surface area contributed by atoms with E-state index in [-0.39, 0.29) is 11.8 Å². The molecule has 0 radical (unpaired) electrons. The van der Waals surface area contributed by atoms with Gasteiger partial charge in [-0.25, -0.2) is 0 Å². The third kappa shape index (κ3) is 3.32. The van der Waals surface area contributed by atoms with Gasteiger partial charge in [-0.15, -0.1) is 0 Å². The zero-order valence-electron chi connectivity index (χ0n) is 12.3. The lowest BCUT2D eigenvalue weighted by molar-refractivity contribution is -0.122. The number of nitrogens with zero attached hydrogens (tertiary/aromatic N) is 2. The van der Waals surface area contributed by atoms with Gasteiger partial charge in [0.15, 0.2) is 0 Å². The molecule has 2 aromatic rings. The van der Waals surface area contributed by atoms with Gasteiger partial charge in [-0.3, -0.25) is 9.48 Å². The van der Waals surface area contributed by atoms with E-state index in [1.165, 1.54) is 5.56 Å². The van der Waals surface area contributed by atoms with Crippen molar-refractivity contribution in [3.05, 3.63) is 53.9 Å². The summed E-state index contributed by atoms with van der Waals surface area (Å²) in [6, 6.07) is 12.3. The molecule has 1 amide bonds. The van der Waals surface area contributed by atoms with Gasteiger partial charge in [0.1, 0.15) is 0 Å².